The Morgan fingerprint density at radius 3 is 3.12 bits per heavy atom. The summed E-state index contributed by atoms with van der Waals surface area (Å²) in [6.45, 7) is 4.43. The summed E-state index contributed by atoms with van der Waals surface area (Å²) in [6, 6.07) is 6.48. The normalized spacial score (nSPS) is 20.2. The molecule has 3 rings (SSSR count). The van der Waals surface area contributed by atoms with Crippen LogP contribution in [0.4, 0.5) is 0 Å². The summed E-state index contributed by atoms with van der Waals surface area (Å²) in [5.74, 6) is 1.98. The molecule has 0 amide bonds. The number of aromatic nitrogens is 2. The van der Waals surface area contributed by atoms with Gasteiger partial charge in [0.2, 0.25) is 0 Å². The molecule has 1 fully saturated rings. The van der Waals surface area contributed by atoms with Crippen molar-refractivity contribution < 1.29 is 0 Å². The third kappa shape index (κ3) is 1.95. The van der Waals surface area contributed by atoms with Gasteiger partial charge < -0.3 is 9.88 Å². The number of benzene rings is 1. The Morgan fingerprint density at radius 1 is 1.47 bits per heavy atom. The van der Waals surface area contributed by atoms with Gasteiger partial charge in [0, 0.05) is 13.5 Å². The van der Waals surface area contributed by atoms with E-state index in [1.807, 2.05) is 0 Å². The maximum absolute atomic E-state index is 4.75. The molecule has 0 spiro atoms. The molecular formula is C14H19N3. The predicted octanol–water partition coefficient (Wildman–Crippen LogP) is 2.03. The standard InChI is InChI=1S/C14H19N3/c1-10-3-4-12-13(7-10)17(2)14(16-12)8-11-5-6-15-9-11/h3-4,7,11,15H,5-6,8-9H2,1-2H3. The van der Waals surface area contributed by atoms with Crippen LogP contribution in [0.1, 0.15) is 17.8 Å². The third-order valence-electron chi connectivity index (χ3n) is 3.76. The van der Waals surface area contributed by atoms with Gasteiger partial charge in [-0.2, -0.15) is 0 Å². The van der Waals surface area contributed by atoms with Crippen LogP contribution in [0.5, 0.6) is 0 Å². The molecule has 1 unspecified atom stereocenters. The van der Waals surface area contributed by atoms with Gasteiger partial charge in [-0.1, -0.05) is 6.07 Å². The summed E-state index contributed by atoms with van der Waals surface area (Å²) in [4.78, 5) is 4.75. The van der Waals surface area contributed by atoms with E-state index in [9.17, 15) is 0 Å². The quantitative estimate of drug-likeness (QED) is 0.854. The highest BCUT2D eigenvalue weighted by Crippen LogP contribution is 2.20. The molecule has 1 aliphatic heterocycles. The fraction of sp³-hybridized carbons (Fsp3) is 0.500. The number of fused-ring (bicyclic) bond motifs is 1. The van der Waals surface area contributed by atoms with E-state index in [1.165, 1.54) is 23.3 Å². The van der Waals surface area contributed by atoms with Gasteiger partial charge in [-0.3, -0.25) is 0 Å². The van der Waals surface area contributed by atoms with E-state index in [-0.39, 0.29) is 0 Å². The van der Waals surface area contributed by atoms with Crippen molar-refractivity contribution in [3.8, 4) is 0 Å². The summed E-state index contributed by atoms with van der Waals surface area (Å²) in [7, 11) is 2.13. The second-order valence-corrected chi connectivity index (χ2v) is 5.14. The van der Waals surface area contributed by atoms with Crippen LogP contribution in [0.25, 0.3) is 11.0 Å². The fourth-order valence-corrected chi connectivity index (χ4v) is 2.68. The lowest BCUT2D eigenvalue weighted by Crippen LogP contribution is -2.12. The molecule has 1 N–H and O–H groups in total. The summed E-state index contributed by atoms with van der Waals surface area (Å²) < 4.78 is 2.25. The van der Waals surface area contributed by atoms with Gasteiger partial charge in [0.05, 0.1) is 11.0 Å². The topological polar surface area (TPSA) is 29.9 Å². The van der Waals surface area contributed by atoms with Crippen molar-refractivity contribution >= 4 is 11.0 Å². The van der Waals surface area contributed by atoms with Crippen molar-refractivity contribution in [2.75, 3.05) is 13.1 Å². The number of nitrogens with zero attached hydrogens (tertiary/aromatic N) is 2. The average molecular weight is 229 g/mol. The second-order valence-electron chi connectivity index (χ2n) is 5.14. The molecule has 3 heteroatoms. The van der Waals surface area contributed by atoms with Crippen LogP contribution in [0.2, 0.25) is 0 Å². The van der Waals surface area contributed by atoms with Crippen molar-refractivity contribution in [3.63, 3.8) is 0 Å². The molecule has 2 heterocycles. The molecular weight excluding hydrogens is 210 g/mol. The minimum Gasteiger partial charge on any atom is -0.331 e. The highest BCUT2D eigenvalue weighted by molar-refractivity contribution is 5.76. The van der Waals surface area contributed by atoms with Gasteiger partial charge in [0.15, 0.2) is 0 Å². The van der Waals surface area contributed by atoms with Crippen molar-refractivity contribution in [3.05, 3.63) is 29.6 Å². The van der Waals surface area contributed by atoms with Crippen LogP contribution < -0.4 is 5.32 Å². The molecule has 1 aromatic heterocycles. The van der Waals surface area contributed by atoms with Crippen LogP contribution in [-0.2, 0) is 13.5 Å². The van der Waals surface area contributed by atoms with E-state index >= 15 is 0 Å². The first-order valence-electron chi connectivity index (χ1n) is 6.37. The zero-order valence-electron chi connectivity index (χ0n) is 10.5. The Kier molecular flexibility index (Phi) is 2.63. The van der Waals surface area contributed by atoms with Crippen LogP contribution in [0.15, 0.2) is 18.2 Å². The fourth-order valence-electron chi connectivity index (χ4n) is 2.68. The van der Waals surface area contributed by atoms with E-state index in [1.54, 1.807) is 0 Å². The van der Waals surface area contributed by atoms with Gasteiger partial charge in [-0.25, -0.2) is 4.98 Å². The van der Waals surface area contributed by atoms with E-state index in [0.717, 1.165) is 30.9 Å². The van der Waals surface area contributed by atoms with Crippen molar-refractivity contribution in [2.45, 2.75) is 19.8 Å². The molecule has 0 aliphatic carbocycles. The maximum atomic E-state index is 4.75. The van der Waals surface area contributed by atoms with E-state index in [0.29, 0.717) is 0 Å². The van der Waals surface area contributed by atoms with E-state index in [2.05, 4.69) is 42.1 Å². The lowest BCUT2D eigenvalue weighted by atomic mass is 10.0. The molecule has 1 aliphatic rings. The molecule has 1 aromatic carbocycles. The molecule has 1 atom stereocenters. The highest BCUT2D eigenvalue weighted by Gasteiger charge is 2.18. The zero-order valence-corrected chi connectivity index (χ0v) is 10.5. The lowest BCUT2D eigenvalue weighted by molar-refractivity contribution is 0.552. The Hall–Kier alpha value is -1.35. The molecule has 0 saturated carbocycles. The largest absolute Gasteiger partial charge is 0.331 e. The summed E-state index contributed by atoms with van der Waals surface area (Å²) >= 11 is 0. The molecule has 0 bridgehead atoms. The van der Waals surface area contributed by atoms with Crippen LogP contribution in [0.3, 0.4) is 0 Å². The van der Waals surface area contributed by atoms with Gasteiger partial charge in [0.1, 0.15) is 5.82 Å². The molecule has 0 radical (unpaired) electrons. The Bertz CT molecular complexity index is 536. The third-order valence-corrected chi connectivity index (χ3v) is 3.76. The summed E-state index contributed by atoms with van der Waals surface area (Å²) in [6.07, 6.45) is 2.37. The van der Waals surface area contributed by atoms with Crippen LogP contribution >= 0.6 is 0 Å². The molecule has 17 heavy (non-hydrogen) atoms. The molecule has 1 saturated heterocycles. The number of hydrogen-bond donors (Lipinski definition) is 1. The minimum absolute atomic E-state index is 0.756. The number of imidazole rings is 1. The first-order chi connectivity index (χ1) is 8.24. The smallest absolute Gasteiger partial charge is 0.109 e. The van der Waals surface area contributed by atoms with Gasteiger partial charge in [-0.05, 0) is 50.0 Å². The van der Waals surface area contributed by atoms with Crippen molar-refractivity contribution in [1.29, 1.82) is 0 Å². The molecule has 90 valence electrons. The number of nitrogens with one attached hydrogen (secondary N) is 1. The molecule has 3 nitrogen and oxygen atoms in total. The van der Waals surface area contributed by atoms with Gasteiger partial charge >= 0.3 is 0 Å². The van der Waals surface area contributed by atoms with E-state index in [4.69, 9.17) is 4.98 Å². The highest BCUT2D eigenvalue weighted by atomic mass is 15.1. The predicted molar refractivity (Wildman–Crippen MR) is 70.1 cm³/mol. The van der Waals surface area contributed by atoms with Crippen LogP contribution in [0, 0.1) is 12.8 Å². The Labute approximate surface area is 102 Å². The lowest BCUT2D eigenvalue weighted by Gasteiger charge is -2.07. The number of aryl methyl sites for hydroxylation is 2. The summed E-state index contributed by atoms with van der Waals surface area (Å²) in [5.41, 5.74) is 3.68. The second kappa shape index (κ2) is 4.15. The van der Waals surface area contributed by atoms with Gasteiger partial charge in [0.25, 0.3) is 0 Å². The number of rotatable bonds is 2. The first kappa shape index (κ1) is 10.8. The average Bonchev–Trinajstić information content (AvgIpc) is 2.91. The Morgan fingerprint density at radius 2 is 2.35 bits per heavy atom. The maximum Gasteiger partial charge on any atom is 0.109 e. The van der Waals surface area contributed by atoms with E-state index < -0.39 is 0 Å². The zero-order chi connectivity index (χ0) is 11.8. The number of hydrogen-bond acceptors (Lipinski definition) is 2. The van der Waals surface area contributed by atoms with Crippen LogP contribution in [-0.4, -0.2) is 22.6 Å². The molecule has 2 aromatic rings. The van der Waals surface area contributed by atoms with Crippen molar-refractivity contribution in [2.24, 2.45) is 13.0 Å². The SMILES string of the molecule is Cc1ccc2nc(CC3CCNC3)n(C)c2c1. The van der Waals surface area contributed by atoms with Gasteiger partial charge in [-0.15, -0.1) is 0 Å². The Balaban J connectivity index is 1.96. The monoisotopic (exact) mass is 229 g/mol. The minimum atomic E-state index is 0.756. The first-order valence-corrected chi connectivity index (χ1v) is 6.37. The summed E-state index contributed by atoms with van der Waals surface area (Å²) in [5, 5.41) is 3.42. The van der Waals surface area contributed by atoms with Crippen molar-refractivity contribution in [1.82, 2.24) is 14.9 Å².